The van der Waals surface area contributed by atoms with E-state index >= 15 is 0 Å². The first-order valence-corrected chi connectivity index (χ1v) is 8.40. The van der Waals surface area contributed by atoms with E-state index in [0.29, 0.717) is 13.2 Å². The van der Waals surface area contributed by atoms with Crippen LogP contribution in [0.4, 0.5) is 10.5 Å². The number of rotatable bonds is 6. The van der Waals surface area contributed by atoms with Crippen LogP contribution in [0.15, 0.2) is 24.3 Å². The van der Waals surface area contributed by atoms with Gasteiger partial charge in [-0.3, -0.25) is 15.0 Å². The summed E-state index contributed by atoms with van der Waals surface area (Å²) in [7, 11) is 0. The fraction of sp³-hybridized carbons (Fsp3) is 0.529. The summed E-state index contributed by atoms with van der Waals surface area (Å²) in [6.07, 6.45) is 0. The average Bonchev–Trinajstić information content (AvgIpc) is 2.56. The Morgan fingerprint density at radius 2 is 1.83 bits per heavy atom. The van der Waals surface area contributed by atoms with Crippen molar-refractivity contribution in [2.24, 2.45) is 0 Å². The number of hydrogen-bond donors (Lipinski definition) is 2. The van der Waals surface area contributed by atoms with Gasteiger partial charge in [-0.05, 0) is 26.0 Å². The monoisotopic (exact) mass is 334 g/mol. The molecule has 7 nitrogen and oxygen atoms in total. The Morgan fingerprint density at radius 3 is 2.50 bits per heavy atom. The van der Waals surface area contributed by atoms with E-state index in [9.17, 15) is 9.59 Å². The van der Waals surface area contributed by atoms with Crippen molar-refractivity contribution < 1.29 is 14.3 Å². The highest BCUT2D eigenvalue weighted by molar-refractivity contribution is 5.95. The first-order valence-electron chi connectivity index (χ1n) is 8.40. The third-order valence-electron chi connectivity index (χ3n) is 3.84. The van der Waals surface area contributed by atoms with Gasteiger partial charge in [0.2, 0.25) is 5.91 Å². The zero-order valence-electron chi connectivity index (χ0n) is 14.4. The summed E-state index contributed by atoms with van der Waals surface area (Å²) < 4.78 is 5.68. The van der Waals surface area contributed by atoms with Gasteiger partial charge in [0.25, 0.3) is 0 Å². The zero-order valence-corrected chi connectivity index (χ0v) is 14.4. The van der Waals surface area contributed by atoms with Crippen LogP contribution in [0, 0.1) is 0 Å². The third kappa shape index (κ3) is 5.13. The number of urea groups is 1. The molecule has 0 unspecified atom stereocenters. The molecule has 0 aromatic heterocycles. The van der Waals surface area contributed by atoms with Crippen molar-refractivity contribution in [1.82, 2.24) is 15.5 Å². The first kappa shape index (κ1) is 18.1. The second-order valence-corrected chi connectivity index (χ2v) is 5.57. The molecule has 0 atom stereocenters. The second kappa shape index (κ2) is 9.12. The summed E-state index contributed by atoms with van der Waals surface area (Å²) in [5.74, 6) is 0.617. The molecule has 0 bridgehead atoms. The lowest BCUT2D eigenvalue weighted by molar-refractivity contribution is -0.121. The van der Waals surface area contributed by atoms with Crippen molar-refractivity contribution in [3.8, 4) is 5.75 Å². The summed E-state index contributed by atoms with van der Waals surface area (Å²) in [4.78, 5) is 27.5. The van der Waals surface area contributed by atoms with Crippen molar-refractivity contribution in [2.75, 3.05) is 50.8 Å². The lowest BCUT2D eigenvalue weighted by Gasteiger charge is -2.36. The maximum Gasteiger partial charge on any atom is 0.321 e. The van der Waals surface area contributed by atoms with Crippen LogP contribution in [-0.2, 0) is 4.79 Å². The first-order chi connectivity index (χ1) is 11.6. The fourth-order valence-corrected chi connectivity index (χ4v) is 2.72. The van der Waals surface area contributed by atoms with Gasteiger partial charge >= 0.3 is 6.03 Å². The molecule has 3 amide bonds. The Hall–Kier alpha value is -2.28. The number of anilines is 1. The third-order valence-corrected chi connectivity index (χ3v) is 3.84. The molecule has 1 saturated heterocycles. The van der Waals surface area contributed by atoms with Crippen LogP contribution >= 0.6 is 0 Å². The normalized spacial score (nSPS) is 15.0. The Bertz CT molecular complexity index is 557. The molecule has 24 heavy (non-hydrogen) atoms. The van der Waals surface area contributed by atoms with Crippen LogP contribution in [-0.4, -0.2) is 62.7 Å². The van der Waals surface area contributed by atoms with Crippen molar-refractivity contribution in [2.45, 2.75) is 13.8 Å². The van der Waals surface area contributed by atoms with Crippen LogP contribution in [0.2, 0.25) is 0 Å². The number of para-hydroxylation sites is 2. The van der Waals surface area contributed by atoms with E-state index in [1.54, 1.807) is 0 Å². The highest BCUT2D eigenvalue weighted by Crippen LogP contribution is 2.28. The number of benzene rings is 1. The Balaban J connectivity index is 1.83. The smallest absolute Gasteiger partial charge is 0.321 e. The van der Waals surface area contributed by atoms with Gasteiger partial charge in [-0.15, -0.1) is 0 Å². The summed E-state index contributed by atoms with van der Waals surface area (Å²) in [6, 6.07) is 7.57. The van der Waals surface area contributed by atoms with Gasteiger partial charge in [0.1, 0.15) is 5.75 Å². The minimum absolute atomic E-state index is 0.234. The minimum Gasteiger partial charge on any atom is -0.492 e. The number of carbonyl (C=O) groups excluding carboxylic acids is 2. The van der Waals surface area contributed by atoms with Crippen molar-refractivity contribution >= 4 is 17.6 Å². The van der Waals surface area contributed by atoms with Gasteiger partial charge < -0.3 is 15.0 Å². The number of ether oxygens (including phenoxy) is 1. The molecule has 0 aliphatic carbocycles. The molecule has 7 heteroatoms. The predicted molar refractivity (Wildman–Crippen MR) is 93.5 cm³/mol. The topological polar surface area (TPSA) is 73.9 Å². The molecule has 2 rings (SSSR count). The Kier molecular flexibility index (Phi) is 6.87. The number of nitrogens with zero attached hydrogens (tertiary/aromatic N) is 2. The Labute approximate surface area is 142 Å². The van der Waals surface area contributed by atoms with Crippen LogP contribution < -0.4 is 20.3 Å². The minimum atomic E-state index is -0.438. The molecule has 132 valence electrons. The van der Waals surface area contributed by atoms with Crippen molar-refractivity contribution in [1.29, 1.82) is 0 Å². The largest absolute Gasteiger partial charge is 0.492 e. The van der Waals surface area contributed by atoms with E-state index in [-0.39, 0.29) is 12.5 Å². The molecular formula is C17H26N4O3. The van der Waals surface area contributed by atoms with E-state index < -0.39 is 6.03 Å². The van der Waals surface area contributed by atoms with Gasteiger partial charge in [-0.25, -0.2) is 4.79 Å². The lowest BCUT2D eigenvalue weighted by atomic mass is 10.2. The number of hydrogen-bond acceptors (Lipinski definition) is 5. The lowest BCUT2D eigenvalue weighted by Crippen LogP contribution is -2.51. The van der Waals surface area contributed by atoms with Gasteiger partial charge in [0, 0.05) is 32.7 Å². The summed E-state index contributed by atoms with van der Waals surface area (Å²) >= 11 is 0. The van der Waals surface area contributed by atoms with Crippen LogP contribution in [0.25, 0.3) is 0 Å². The molecule has 1 fully saturated rings. The van der Waals surface area contributed by atoms with Crippen LogP contribution in [0.1, 0.15) is 13.8 Å². The predicted octanol–water partition coefficient (Wildman–Crippen LogP) is 1.05. The van der Waals surface area contributed by atoms with Crippen molar-refractivity contribution in [3.63, 3.8) is 0 Å². The molecular weight excluding hydrogens is 308 g/mol. The van der Waals surface area contributed by atoms with E-state index in [1.165, 1.54) is 0 Å². The van der Waals surface area contributed by atoms with Crippen LogP contribution in [0.5, 0.6) is 5.75 Å². The summed E-state index contributed by atoms with van der Waals surface area (Å²) in [5.41, 5.74) is 1.09. The quantitative estimate of drug-likeness (QED) is 0.814. The number of carbonyl (C=O) groups is 2. The molecule has 0 radical (unpaired) electrons. The molecule has 1 aromatic rings. The van der Waals surface area contributed by atoms with Crippen LogP contribution in [0.3, 0.4) is 0 Å². The molecule has 1 aliphatic heterocycles. The van der Waals surface area contributed by atoms with Gasteiger partial charge in [0.05, 0.1) is 18.8 Å². The Morgan fingerprint density at radius 1 is 1.12 bits per heavy atom. The van der Waals surface area contributed by atoms with Crippen molar-refractivity contribution in [3.05, 3.63) is 24.3 Å². The standard InChI is InChI=1S/C17H26N4O3/c1-3-18-17(23)19-16(22)13-20-9-11-21(12-10-20)14-7-5-6-8-15(14)24-4-2/h5-8H,3-4,9-13H2,1-2H3,(H2,18,19,22,23). The van der Waals surface area contributed by atoms with E-state index in [0.717, 1.165) is 37.6 Å². The number of imide groups is 1. The van der Waals surface area contributed by atoms with Gasteiger partial charge in [-0.2, -0.15) is 0 Å². The molecule has 0 spiro atoms. The maximum atomic E-state index is 11.8. The zero-order chi connectivity index (χ0) is 17.4. The highest BCUT2D eigenvalue weighted by atomic mass is 16.5. The maximum absolute atomic E-state index is 11.8. The van der Waals surface area contributed by atoms with E-state index in [4.69, 9.17) is 4.74 Å². The second-order valence-electron chi connectivity index (χ2n) is 5.57. The van der Waals surface area contributed by atoms with E-state index in [2.05, 4.69) is 21.6 Å². The number of piperazine rings is 1. The molecule has 1 aromatic carbocycles. The SMILES string of the molecule is CCNC(=O)NC(=O)CN1CCN(c2ccccc2OCC)CC1. The molecule has 2 N–H and O–H groups in total. The fourth-order valence-electron chi connectivity index (χ4n) is 2.72. The molecule has 1 aliphatic rings. The number of nitrogens with one attached hydrogen (secondary N) is 2. The number of amides is 3. The summed E-state index contributed by atoms with van der Waals surface area (Å²) in [6.45, 7) is 8.32. The summed E-state index contributed by atoms with van der Waals surface area (Å²) in [5, 5.41) is 4.88. The van der Waals surface area contributed by atoms with Gasteiger partial charge in [0.15, 0.2) is 0 Å². The highest BCUT2D eigenvalue weighted by Gasteiger charge is 2.21. The molecule has 1 heterocycles. The molecule has 0 saturated carbocycles. The average molecular weight is 334 g/mol. The van der Waals surface area contributed by atoms with E-state index in [1.807, 2.05) is 36.9 Å². The van der Waals surface area contributed by atoms with Gasteiger partial charge in [-0.1, -0.05) is 12.1 Å².